The number of aliphatic hydroxyl groups excluding tert-OH is 1. The van der Waals surface area contributed by atoms with Crippen LogP contribution in [0.4, 0.5) is 5.69 Å². The average Bonchev–Trinajstić information content (AvgIpc) is 3.27. The van der Waals surface area contributed by atoms with Crippen LogP contribution in [0, 0.1) is 0 Å². The molecule has 0 fully saturated rings. The molecule has 0 aliphatic carbocycles. The molecule has 1 aromatic heterocycles. The first kappa shape index (κ1) is 20.9. The fourth-order valence-corrected chi connectivity index (χ4v) is 3.37. The van der Waals surface area contributed by atoms with Gasteiger partial charge >= 0.3 is 0 Å². The van der Waals surface area contributed by atoms with Crippen molar-refractivity contribution < 1.29 is 19.4 Å². The third-order valence-corrected chi connectivity index (χ3v) is 5.14. The Kier molecular flexibility index (Phi) is 7.27. The molecule has 29 heavy (non-hydrogen) atoms. The predicted molar refractivity (Wildman–Crippen MR) is 116 cm³/mol. The number of rotatable bonds is 9. The number of carbonyl (C=O) groups excluding carboxylic acids is 1. The molecule has 0 spiro atoms. The molecule has 5 nitrogen and oxygen atoms in total. The lowest BCUT2D eigenvalue weighted by molar-refractivity contribution is 0.0622. The summed E-state index contributed by atoms with van der Waals surface area (Å²) in [6, 6.07) is 18.5. The maximum atomic E-state index is 12.1. The van der Waals surface area contributed by atoms with Gasteiger partial charge in [-0.25, -0.2) is 0 Å². The zero-order valence-electron chi connectivity index (χ0n) is 16.5. The lowest BCUT2D eigenvalue weighted by Crippen LogP contribution is -2.25. The Balaban J connectivity index is 1.45. The van der Waals surface area contributed by atoms with Crippen molar-refractivity contribution in [3.05, 3.63) is 76.5 Å². The second-order valence-corrected chi connectivity index (χ2v) is 7.87. The summed E-state index contributed by atoms with van der Waals surface area (Å²) in [5.74, 6) is 1.61. The van der Waals surface area contributed by atoms with E-state index in [4.69, 9.17) is 9.47 Å². The fraction of sp³-hybridized carbons (Fsp3) is 0.261. The highest BCUT2D eigenvalue weighted by molar-refractivity contribution is 7.12. The van der Waals surface area contributed by atoms with E-state index in [2.05, 4.69) is 19.2 Å². The summed E-state index contributed by atoms with van der Waals surface area (Å²) in [5.41, 5.74) is 1.80. The van der Waals surface area contributed by atoms with Crippen LogP contribution < -0.4 is 14.8 Å². The molecule has 152 valence electrons. The van der Waals surface area contributed by atoms with E-state index < -0.39 is 6.10 Å². The molecule has 0 aliphatic rings. The molecule has 1 atom stereocenters. The summed E-state index contributed by atoms with van der Waals surface area (Å²) in [5, 5.41) is 14.9. The minimum atomic E-state index is -0.756. The number of aliphatic hydroxyl groups is 1. The van der Waals surface area contributed by atoms with E-state index in [1.165, 1.54) is 11.3 Å². The first-order valence-corrected chi connectivity index (χ1v) is 10.4. The van der Waals surface area contributed by atoms with E-state index >= 15 is 0 Å². The summed E-state index contributed by atoms with van der Waals surface area (Å²) in [6.45, 7) is 4.48. The van der Waals surface area contributed by atoms with Crippen LogP contribution in [0.3, 0.4) is 0 Å². The average molecular weight is 412 g/mol. The van der Waals surface area contributed by atoms with Crippen LogP contribution in [0.1, 0.15) is 35.0 Å². The van der Waals surface area contributed by atoms with Gasteiger partial charge in [0, 0.05) is 5.69 Å². The first-order chi connectivity index (χ1) is 14.0. The molecule has 0 saturated carbocycles. The van der Waals surface area contributed by atoms with Crippen LogP contribution in [0.5, 0.6) is 11.5 Å². The Morgan fingerprint density at radius 3 is 2.41 bits per heavy atom. The standard InChI is InChI=1S/C23H25NO4S/c1-16(2)20-6-3-4-7-21(20)28-15-18(25)14-27-19-11-9-17(10-12-19)24-23(26)22-8-5-13-29-22/h3-13,16,18,25H,14-15H2,1-2H3,(H,24,26). The van der Waals surface area contributed by atoms with Crippen LogP contribution in [0.2, 0.25) is 0 Å². The Morgan fingerprint density at radius 1 is 1.00 bits per heavy atom. The largest absolute Gasteiger partial charge is 0.491 e. The highest BCUT2D eigenvalue weighted by Gasteiger charge is 2.11. The number of nitrogens with one attached hydrogen (secondary N) is 1. The van der Waals surface area contributed by atoms with E-state index in [0.717, 1.165) is 11.3 Å². The van der Waals surface area contributed by atoms with Crippen molar-refractivity contribution in [2.24, 2.45) is 0 Å². The van der Waals surface area contributed by atoms with Gasteiger partial charge in [0.2, 0.25) is 0 Å². The van der Waals surface area contributed by atoms with E-state index in [1.807, 2.05) is 35.7 Å². The SMILES string of the molecule is CC(C)c1ccccc1OCC(O)COc1ccc(NC(=O)c2cccs2)cc1. The van der Waals surface area contributed by atoms with Crippen molar-refractivity contribution in [2.75, 3.05) is 18.5 Å². The number of para-hydroxylation sites is 1. The minimum Gasteiger partial charge on any atom is -0.491 e. The molecule has 6 heteroatoms. The topological polar surface area (TPSA) is 67.8 Å². The normalized spacial score (nSPS) is 11.9. The fourth-order valence-electron chi connectivity index (χ4n) is 2.75. The number of hydrogen-bond donors (Lipinski definition) is 2. The number of benzene rings is 2. The van der Waals surface area contributed by atoms with Gasteiger partial charge in [-0.05, 0) is 53.3 Å². The number of anilines is 1. The number of carbonyl (C=O) groups is 1. The Labute approximate surface area is 174 Å². The van der Waals surface area contributed by atoms with Crippen LogP contribution in [-0.2, 0) is 0 Å². The van der Waals surface area contributed by atoms with Crippen molar-refractivity contribution in [2.45, 2.75) is 25.9 Å². The summed E-state index contributed by atoms with van der Waals surface area (Å²) >= 11 is 1.39. The van der Waals surface area contributed by atoms with Crippen molar-refractivity contribution in [3.8, 4) is 11.5 Å². The first-order valence-electron chi connectivity index (χ1n) is 9.50. The number of amides is 1. The molecule has 1 unspecified atom stereocenters. The van der Waals surface area contributed by atoms with E-state index in [-0.39, 0.29) is 19.1 Å². The maximum absolute atomic E-state index is 12.1. The zero-order chi connectivity index (χ0) is 20.6. The molecule has 2 aromatic carbocycles. The molecule has 0 saturated heterocycles. The highest BCUT2D eigenvalue weighted by Crippen LogP contribution is 2.26. The lowest BCUT2D eigenvalue weighted by Gasteiger charge is -2.17. The van der Waals surface area contributed by atoms with Crippen LogP contribution in [-0.4, -0.2) is 30.3 Å². The monoisotopic (exact) mass is 411 g/mol. The van der Waals surface area contributed by atoms with Crippen LogP contribution in [0.25, 0.3) is 0 Å². The Hall–Kier alpha value is -2.83. The third kappa shape index (κ3) is 6.07. The molecule has 3 rings (SSSR count). The van der Waals surface area contributed by atoms with Gasteiger partial charge in [-0.1, -0.05) is 38.1 Å². The Bertz CT molecular complexity index is 907. The molecular formula is C23H25NO4S. The smallest absolute Gasteiger partial charge is 0.265 e. The van der Waals surface area contributed by atoms with Gasteiger partial charge in [-0.3, -0.25) is 4.79 Å². The molecule has 1 heterocycles. The molecule has 3 aromatic rings. The number of ether oxygens (including phenoxy) is 2. The van der Waals surface area contributed by atoms with Gasteiger partial charge in [0.1, 0.15) is 30.8 Å². The van der Waals surface area contributed by atoms with Crippen molar-refractivity contribution in [1.82, 2.24) is 0 Å². The third-order valence-electron chi connectivity index (χ3n) is 4.27. The summed E-state index contributed by atoms with van der Waals surface area (Å²) < 4.78 is 11.4. The summed E-state index contributed by atoms with van der Waals surface area (Å²) in [4.78, 5) is 12.7. The molecule has 1 amide bonds. The summed E-state index contributed by atoms with van der Waals surface area (Å²) in [6.07, 6.45) is -0.756. The molecule has 2 N–H and O–H groups in total. The number of thiophene rings is 1. The van der Waals surface area contributed by atoms with Gasteiger partial charge in [0.05, 0.1) is 4.88 Å². The predicted octanol–water partition coefficient (Wildman–Crippen LogP) is 4.94. The molecule has 0 radical (unpaired) electrons. The van der Waals surface area contributed by atoms with Crippen LogP contribution in [0.15, 0.2) is 66.0 Å². The van der Waals surface area contributed by atoms with Crippen molar-refractivity contribution >= 4 is 22.9 Å². The highest BCUT2D eigenvalue weighted by atomic mass is 32.1. The van der Waals surface area contributed by atoms with E-state index in [9.17, 15) is 9.90 Å². The zero-order valence-corrected chi connectivity index (χ0v) is 17.3. The van der Waals surface area contributed by atoms with E-state index in [1.54, 1.807) is 30.3 Å². The van der Waals surface area contributed by atoms with Crippen LogP contribution >= 0.6 is 11.3 Å². The van der Waals surface area contributed by atoms with Crippen molar-refractivity contribution in [3.63, 3.8) is 0 Å². The number of hydrogen-bond acceptors (Lipinski definition) is 5. The van der Waals surface area contributed by atoms with Gasteiger partial charge in [-0.15, -0.1) is 11.3 Å². The lowest BCUT2D eigenvalue weighted by atomic mass is 10.0. The van der Waals surface area contributed by atoms with Gasteiger partial charge < -0.3 is 19.9 Å². The van der Waals surface area contributed by atoms with Gasteiger partial charge in [-0.2, -0.15) is 0 Å². The molecular weight excluding hydrogens is 386 g/mol. The minimum absolute atomic E-state index is 0.116. The summed E-state index contributed by atoms with van der Waals surface area (Å²) in [7, 11) is 0. The maximum Gasteiger partial charge on any atom is 0.265 e. The molecule has 0 bridgehead atoms. The van der Waals surface area contributed by atoms with Gasteiger partial charge in [0.15, 0.2) is 0 Å². The van der Waals surface area contributed by atoms with Gasteiger partial charge in [0.25, 0.3) is 5.91 Å². The quantitative estimate of drug-likeness (QED) is 0.523. The Morgan fingerprint density at radius 2 is 1.72 bits per heavy atom. The molecule has 0 aliphatic heterocycles. The van der Waals surface area contributed by atoms with Crippen molar-refractivity contribution in [1.29, 1.82) is 0 Å². The second kappa shape index (κ2) is 10.1. The van der Waals surface area contributed by atoms with E-state index in [0.29, 0.717) is 22.2 Å². The second-order valence-electron chi connectivity index (χ2n) is 6.92.